The molecule has 0 amide bonds. The highest BCUT2D eigenvalue weighted by atomic mass is 15.1. The molecule has 2 rings (SSSR count). The number of benzene rings is 1. The van der Waals surface area contributed by atoms with Gasteiger partial charge in [0.05, 0.1) is 11.2 Å². The number of aromatic nitrogens is 2. The van der Waals surface area contributed by atoms with E-state index in [1.54, 1.807) is 0 Å². The summed E-state index contributed by atoms with van der Waals surface area (Å²) in [5.41, 5.74) is 13.9. The highest BCUT2D eigenvalue weighted by Gasteiger charge is 2.03. The third-order valence-electron chi connectivity index (χ3n) is 2.05. The molecule has 1 heterocycles. The summed E-state index contributed by atoms with van der Waals surface area (Å²) in [6, 6.07) is 5.70. The normalized spacial score (nSPS) is 10.8. The fourth-order valence-electron chi connectivity index (χ4n) is 1.41. The maximum atomic E-state index is 5.68. The van der Waals surface area contributed by atoms with Crippen molar-refractivity contribution in [3.63, 3.8) is 0 Å². The molecule has 0 bridgehead atoms. The highest BCUT2D eigenvalue weighted by Crippen LogP contribution is 2.18. The fraction of sp³-hybridized carbons (Fsp3) is 0.222. The molecule has 0 atom stereocenters. The van der Waals surface area contributed by atoms with Gasteiger partial charge in [0.2, 0.25) is 0 Å². The first-order chi connectivity index (χ1) is 6.31. The molecule has 0 spiro atoms. The van der Waals surface area contributed by atoms with Crippen LogP contribution in [0.4, 0.5) is 5.69 Å². The van der Waals surface area contributed by atoms with Gasteiger partial charge in [-0.2, -0.15) is 5.10 Å². The summed E-state index contributed by atoms with van der Waals surface area (Å²) in [7, 11) is 0. The van der Waals surface area contributed by atoms with Gasteiger partial charge in [-0.05, 0) is 24.7 Å². The van der Waals surface area contributed by atoms with Gasteiger partial charge < -0.3 is 11.5 Å². The molecular weight excluding hydrogens is 164 g/mol. The van der Waals surface area contributed by atoms with Gasteiger partial charge in [-0.1, -0.05) is 0 Å². The SMILES string of the molecule is NCCc1n[nH]c2ccc(N)cc12. The Kier molecular flexibility index (Phi) is 1.90. The van der Waals surface area contributed by atoms with E-state index in [9.17, 15) is 0 Å². The van der Waals surface area contributed by atoms with Crippen LogP contribution >= 0.6 is 0 Å². The number of aromatic amines is 1. The summed E-state index contributed by atoms with van der Waals surface area (Å²) in [6.07, 6.45) is 0.781. The zero-order valence-electron chi connectivity index (χ0n) is 7.25. The van der Waals surface area contributed by atoms with E-state index >= 15 is 0 Å². The largest absolute Gasteiger partial charge is 0.399 e. The van der Waals surface area contributed by atoms with Crippen molar-refractivity contribution >= 4 is 16.6 Å². The number of hydrogen-bond acceptors (Lipinski definition) is 3. The third kappa shape index (κ3) is 1.36. The molecule has 0 aliphatic heterocycles. The molecule has 0 radical (unpaired) electrons. The molecule has 13 heavy (non-hydrogen) atoms. The minimum Gasteiger partial charge on any atom is -0.399 e. The topological polar surface area (TPSA) is 80.7 Å². The Morgan fingerprint density at radius 2 is 2.23 bits per heavy atom. The average Bonchev–Trinajstić information content (AvgIpc) is 2.49. The number of H-pyrrole nitrogens is 1. The van der Waals surface area contributed by atoms with Crippen LogP contribution in [0.15, 0.2) is 18.2 Å². The fourth-order valence-corrected chi connectivity index (χ4v) is 1.41. The van der Waals surface area contributed by atoms with Crippen LogP contribution in [-0.4, -0.2) is 16.7 Å². The number of nitrogens with two attached hydrogens (primary N) is 2. The first kappa shape index (κ1) is 8.07. The van der Waals surface area contributed by atoms with Crippen LogP contribution in [0.5, 0.6) is 0 Å². The van der Waals surface area contributed by atoms with E-state index in [1.165, 1.54) is 0 Å². The van der Waals surface area contributed by atoms with Crippen LogP contribution in [0.1, 0.15) is 5.69 Å². The van der Waals surface area contributed by atoms with Gasteiger partial charge in [0.25, 0.3) is 0 Å². The van der Waals surface area contributed by atoms with Gasteiger partial charge >= 0.3 is 0 Å². The second-order valence-electron chi connectivity index (χ2n) is 3.01. The molecule has 2 aromatic rings. The van der Waals surface area contributed by atoms with E-state index < -0.39 is 0 Å². The molecule has 4 nitrogen and oxygen atoms in total. The maximum Gasteiger partial charge on any atom is 0.0714 e. The van der Waals surface area contributed by atoms with Crippen molar-refractivity contribution in [2.75, 3.05) is 12.3 Å². The summed E-state index contributed by atoms with van der Waals surface area (Å²) in [4.78, 5) is 0. The second-order valence-corrected chi connectivity index (χ2v) is 3.01. The minimum absolute atomic E-state index is 0.606. The number of rotatable bonds is 2. The van der Waals surface area contributed by atoms with Gasteiger partial charge in [0.15, 0.2) is 0 Å². The first-order valence-electron chi connectivity index (χ1n) is 4.24. The zero-order valence-corrected chi connectivity index (χ0v) is 7.25. The lowest BCUT2D eigenvalue weighted by molar-refractivity contribution is 0.909. The Labute approximate surface area is 75.9 Å². The van der Waals surface area contributed by atoms with E-state index in [1.807, 2.05) is 18.2 Å². The van der Waals surface area contributed by atoms with Gasteiger partial charge in [-0.15, -0.1) is 0 Å². The molecule has 0 fully saturated rings. The summed E-state index contributed by atoms with van der Waals surface area (Å²) >= 11 is 0. The number of anilines is 1. The Balaban J connectivity index is 2.58. The molecule has 0 unspecified atom stereocenters. The van der Waals surface area contributed by atoms with Crippen LogP contribution in [0.3, 0.4) is 0 Å². The number of nitrogens with one attached hydrogen (secondary N) is 1. The molecular formula is C9H12N4. The van der Waals surface area contributed by atoms with Crippen molar-refractivity contribution in [3.05, 3.63) is 23.9 Å². The average molecular weight is 176 g/mol. The van der Waals surface area contributed by atoms with E-state index in [-0.39, 0.29) is 0 Å². The lowest BCUT2D eigenvalue weighted by Crippen LogP contribution is -2.03. The van der Waals surface area contributed by atoms with Crippen molar-refractivity contribution < 1.29 is 0 Å². The predicted molar refractivity (Wildman–Crippen MR) is 53.3 cm³/mol. The quantitative estimate of drug-likeness (QED) is 0.587. The van der Waals surface area contributed by atoms with Crippen molar-refractivity contribution in [2.24, 2.45) is 5.73 Å². The molecule has 1 aromatic carbocycles. The Hall–Kier alpha value is -1.55. The Morgan fingerprint density at radius 1 is 1.38 bits per heavy atom. The Bertz CT molecular complexity index is 418. The van der Waals surface area contributed by atoms with Crippen LogP contribution in [0.2, 0.25) is 0 Å². The van der Waals surface area contributed by atoms with Crippen molar-refractivity contribution in [3.8, 4) is 0 Å². The maximum absolute atomic E-state index is 5.68. The molecule has 0 saturated heterocycles. The lowest BCUT2D eigenvalue weighted by Gasteiger charge is -1.95. The summed E-state index contributed by atoms with van der Waals surface area (Å²) in [5.74, 6) is 0. The number of hydrogen-bond donors (Lipinski definition) is 3. The molecule has 0 aliphatic rings. The van der Waals surface area contributed by atoms with E-state index in [4.69, 9.17) is 11.5 Å². The molecule has 68 valence electrons. The molecule has 4 heteroatoms. The van der Waals surface area contributed by atoms with Gasteiger partial charge in [0, 0.05) is 17.5 Å². The van der Waals surface area contributed by atoms with Crippen molar-refractivity contribution in [2.45, 2.75) is 6.42 Å². The van der Waals surface area contributed by atoms with E-state index in [2.05, 4.69) is 10.2 Å². The van der Waals surface area contributed by atoms with Crippen LogP contribution < -0.4 is 11.5 Å². The van der Waals surface area contributed by atoms with Gasteiger partial charge in [0.1, 0.15) is 0 Å². The number of fused-ring (bicyclic) bond motifs is 1. The van der Waals surface area contributed by atoms with Gasteiger partial charge in [-0.25, -0.2) is 0 Å². The molecule has 5 N–H and O–H groups in total. The number of nitrogen functional groups attached to an aromatic ring is 1. The monoisotopic (exact) mass is 176 g/mol. The zero-order chi connectivity index (χ0) is 9.26. The molecule has 0 aliphatic carbocycles. The number of nitrogens with zero attached hydrogens (tertiary/aromatic N) is 1. The second kappa shape index (κ2) is 3.06. The van der Waals surface area contributed by atoms with E-state index in [0.29, 0.717) is 6.54 Å². The highest BCUT2D eigenvalue weighted by molar-refractivity contribution is 5.84. The first-order valence-corrected chi connectivity index (χ1v) is 4.24. The molecule has 0 saturated carbocycles. The lowest BCUT2D eigenvalue weighted by atomic mass is 10.1. The van der Waals surface area contributed by atoms with Crippen LogP contribution in [0.25, 0.3) is 10.9 Å². The predicted octanol–water partition coefficient (Wildman–Crippen LogP) is 0.646. The Morgan fingerprint density at radius 3 is 3.00 bits per heavy atom. The van der Waals surface area contributed by atoms with E-state index in [0.717, 1.165) is 28.7 Å². The smallest absolute Gasteiger partial charge is 0.0714 e. The van der Waals surface area contributed by atoms with Crippen LogP contribution in [-0.2, 0) is 6.42 Å². The third-order valence-corrected chi connectivity index (χ3v) is 2.05. The van der Waals surface area contributed by atoms with Gasteiger partial charge in [-0.3, -0.25) is 5.10 Å². The summed E-state index contributed by atoms with van der Waals surface area (Å²) in [5, 5.41) is 8.18. The van der Waals surface area contributed by atoms with Crippen LogP contribution in [0, 0.1) is 0 Å². The van der Waals surface area contributed by atoms with Crippen molar-refractivity contribution in [1.29, 1.82) is 0 Å². The minimum atomic E-state index is 0.606. The van der Waals surface area contributed by atoms with Crippen molar-refractivity contribution in [1.82, 2.24) is 10.2 Å². The summed E-state index contributed by atoms with van der Waals surface area (Å²) in [6.45, 7) is 0.606. The standard InChI is InChI=1S/C9H12N4/c10-4-3-9-7-5-6(11)1-2-8(7)12-13-9/h1-2,5H,3-4,10-11H2,(H,12,13). The molecule has 1 aromatic heterocycles. The summed E-state index contributed by atoms with van der Waals surface area (Å²) < 4.78 is 0.